The van der Waals surface area contributed by atoms with E-state index in [1.807, 2.05) is 42.1 Å². The van der Waals surface area contributed by atoms with Gasteiger partial charge in [0.1, 0.15) is 0 Å². The highest BCUT2D eigenvalue weighted by molar-refractivity contribution is 7.89. The number of hydrogen-bond donors (Lipinski definition) is 2. The molecule has 19 heavy (non-hydrogen) atoms. The van der Waals surface area contributed by atoms with Crippen molar-refractivity contribution >= 4 is 20.9 Å². The van der Waals surface area contributed by atoms with Gasteiger partial charge < -0.3 is 9.67 Å². The van der Waals surface area contributed by atoms with Gasteiger partial charge in [0.15, 0.2) is 0 Å². The van der Waals surface area contributed by atoms with Crippen molar-refractivity contribution in [3.05, 3.63) is 36.0 Å². The minimum atomic E-state index is -3.29. The molecule has 0 aliphatic rings. The van der Waals surface area contributed by atoms with Crippen LogP contribution in [0.3, 0.4) is 0 Å². The molecule has 5 nitrogen and oxygen atoms in total. The van der Waals surface area contributed by atoms with Crippen molar-refractivity contribution in [1.82, 2.24) is 9.29 Å². The Kier molecular flexibility index (Phi) is 3.93. The third-order valence-electron chi connectivity index (χ3n) is 3.16. The van der Waals surface area contributed by atoms with Crippen LogP contribution in [0.1, 0.15) is 18.6 Å². The molecule has 6 heteroatoms. The second-order valence-electron chi connectivity index (χ2n) is 4.48. The number of benzene rings is 1. The average molecular weight is 282 g/mol. The summed E-state index contributed by atoms with van der Waals surface area (Å²) in [7, 11) is -1.39. The number of fused-ring (bicyclic) bond motifs is 1. The summed E-state index contributed by atoms with van der Waals surface area (Å²) in [5.74, 6) is 0.00918. The molecule has 104 valence electrons. The Hall–Kier alpha value is -1.37. The molecule has 1 aromatic carbocycles. The molecular weight excluding hydrogens is 264 g/mol. The van der Waals surface area contributed by atoms with Crippen molar-refractivity contribution in [3.63, 3.8) is 0 Å². The Bertz CT molecular complexity index is 676. The summed E-state index contributed by atoms with van der Waals surface area (Å²) in [6.45, 7) is 1.55. The van der Waals surface area contributed by atoms with Crippen molar-refractivity contribution < 1.29 is 13.5 Å². The maximum Gasteiger partial charge on any atom is 0.211 e. The highest BCUT2D eigenvalue weighted by atomic mass is 32.2. The van der Waals surface area contributed by atoms with Gasteiger partial charge in [-0.05, 0) is 13.0 Å². The lowest BCUT2D eigenvalue weighted by Crippen LogP contribution is -2.29. The van der Waals surface area contributed by atoms with Gasteiger partial charge in [-0.1, -0.05) is 18.2 Å². The number of hydrogen-bond acceptors (Lipinski definition) is 3. The number of aliphatic hydroxyl groups excluding tert-OH is 1. The summed E-state index contributed by atoms with van der Waals surface area (Å²) in [5.41, 5.74) is 1.74. The van der Waals surface area contributed by atoms with Crippen LogP contribution in [0.5, 0.6) is 0 Å². The van der Waals surface area contributed by atoms with Crippen LogP contribution in [0.2, 0.25) is 0 Å². The van der Waals surface area contributed by atoms with Gasteiger partial charge in [0.25, 0.3) is 0 Å². The van der Waals surface area contributed by atoms with Crippen molar-refractivity contribution in [2.75, 3.05) is 12.3 Å². The summed E-state index contributed by atoms with van der Waals surface area (Å²) in [5, 5.41) is 11.1. The zero-order valence-electron chi connectivity index (χ0n) is 11.0. The van der Waals surface area contributed by atoms with E-state index in [4.69, 9.17) is 0 Å². The first-order valence-electron chi connectivity index (χ1n) is 6.14. The predicted octanol–water partition coefficient (Wildman–Crippen LogP) is 1.15. The molecule has 1 aromatic heterocycles. The fraction of sp³-hybridized carbons (Fsp3) is 0.385. The van der Waals surface area contributed by atoms with Gasteiger partial charge in [0.2, 0.25) is 10.0 Å². The highest BCUT2D eigenvalue weighted by Gasteiger charge is 2.16. The molecule has 1 heterocycles. The molecule has 2 N–H and O–H groups in total. The molecule has 0 saturated carbocycles. The van der Waals surface area contributed by atoms with E-state index in [9.17, 15) is 13.5 Å². The van der Waals surface area contributed by atoms with Crippen molar-refractivity contribution in [2.45, 2.75) is 13.0 Å². The summed E-state index contributed by atoms with van der Waals surface area (Å²) in [6, 6.07) is 7.71. The van der Waals surface area contributed by atoms with Gasteiger partial charge in [-0.3, -0.25) is 0 Å². The van der Waals surface area contributed by atoms with E-state index in [0.717, 1.165) is 16.5 Å². The van der Waals surface area contributed by atoms with Crippen molar-refractivity contribution in [2.24, 2.45) is 7.05 Å². The fourth-order valence-corrected chi connectivity index (χ4v) is 2.67. The quantitative estimate of drug-likeness (QED) is 0.864. The minimum Gasteiger partial charge on any atom is -0.387 e. The Labute approximate surface area is 112 Å². The highest BCUT2D eigenvalue weighted by Crippen LogP contribution is 2.25. The monoisotopic (exact) mass is 282 g/mol. The molecule has 2 aromatic rings. The number of nitrogens with one attached hydrogen (secondary N) is 1. The third kappa shape index (κ3) is 2.97. The summed E-state index contributed by atoms with van der Waals surface area (Å²) in [4.78, 5) is 0. The normalized spacial score (nSPS) is 13.8. The van der Waals surface area contributed by atoms with Crippen LogP contribution in [0, 0.1) is 0 Å². The second-order valence-corrected chi connectivity index (χ2v) is 6.58. The summed E-state index contributed by atoms with van der Waals surface area (Å²) >= 11 is 0. The first-order chi connectivity index (χ1) is 8.94. The Morgan fingerprint density at radius 3 is 2.74 bits per heavy atom. The first-order valence-corrected chi connectivity index (χ1v) is 7.79. The van der Waals surface area contributed by atoms with E-state index in [2.05, 4.69) is 4.72 Å². The topological polar surface area (TPSA) is 71.3 Å². The SMILES string of the molecule is CCS(=O)(=O)NCC(O)c1cn(C)c2ccccc12. The molecule has 1 atom stereocenters. The number of sulfonamides is 1. The Morgan fingerprint density at radius 2 is 2.05 bits per heavy atom. The van der Waals surface area contributed by atoms with E-state index in [1.165, 1.54) is 0 Å². The maximum atomic E-state index is 11.4. The predicted molar refractivity (Wildman–Crippen MR) is 75.3 cm³/mol. The summed E-state index contributed by atoms with van der Waals surface area (Å²) in [6.07, 6.45) is 0.975. The fourth-order valence-electron chi connectivity index (χ4n) is 2.06. The van der Waals surface area contributed by atoms with Gasteiger partial charge in [-0.15, -0.1) is 0 Å². The minimum absolute atomic E-state index is 0.00918. The smallest absolute Gasteiger partial charge is 0.211 e. The van der Waals surface area contributed by atoms with Crippen LogP contribution in [0.25, 0.3) is 10.9 Å². The summed E-state index contributed by atoms with van der Waals surface area (Å²) < 4.78 is 27.1. The molecule has 0 saturated heterocycles. The molecule has 1 unspecified atom stereocenters. The standard InChI is InChI=1S/C13H18N2O3S/c1-3-19(17,18)14-8-13(16)11-9-15(2)12-7-5-4-6-10(11)12/h4-7,9,13-14,16H,3,8H2,1-2H3. The van der Waals surface area contributed by atoms with Gasteiger partial charge in [-0.25, -0.2) is 13.1 Å². The van der Waals surface area contributed by atoms with Crippen LogP contribution in [-0.4, -0.2) is 30.4 Å². The van der Waals surface area contributed by atoms with Gasteiger partial charge in [0.05, 0.1) is 11.9 Å². The zero-order chi connectivity index (χ0) is 14.0. The molecule has 0 fully saturated rings. The first kappa shape index (κ1) is 14.0. The maximum absolute atomic E-state index is 11.4. The number of aromatic nitrogens is 1. The van der Waals surface area contributed by atoms with E-state index in [-0.39, 0.29) is 12.3 Å². The molecule has 0 bridgehead atoms. The molecule has 0 aliphatic carbocycles. The van der Waals surface area contributed by atoms with Crippen LogP contribution in [-0.2, 0) is 17.1 Å². The number of aliphatic hydroxyl groups is 1. The van der Waals surface area contributed by atoms with Crippen molar-refractivity contribution in [1.29, 1.82) is 0 Å². The Balaban J connectivity index is 2.25. The van der Waals surface area contributed by atoms with Crippen LogP contribution < -0.4 is 4.72 Å². The van der Waals surface area contributed by atoms with E-state index in [0.29, 0.717) is 0 Å². The van der Waals surface area contributed by atoms with E-state index < -0.39 is 16.1 Å². The molecule has 0 amide bonds. The number of nitrogens with zero attached hydrogens (tertiary/aromatic N) is 1. The van der Waals surface area contributed by atoms with Crippen molar-refractivity contribution in [3.8, 4) is 0 Å². The number of rotatable bonds is 5. The lowest BCUT2D eigenvalue weighted by atomic mass is 10.1. The average Bonchev–Trinajstić information content (AvgIpc) is 2.74. The second kappa shape index (κ2) is 5.32. The zero-order valence-corrected chi connectivity index (χ0v) is 11.8. The van der Waals surface area contributed by atoms with Gasteiger partial charge in [-0.2, -0.15) is 0 Å². The van der Waals surface area contributed by atoms with E-state index in [1.54, 1.807) is 6.92 Å². The molecule has 0 aliphatic heterocycles. The van der Waals surface area contributed by atoms with Gasteiger partial charge >= 0.3 is 0 Å². The number of aryl methyl sites for hydroxylation is 1. The van der Waals surface area contributed by atoms with Gasteiger partial charge in [0, 0.05) is 36.3 Å². The number of para-hydroxylation sites is 1. The lowest BCUT2D eigenvalue weighted by Gasteiger charge is -2.10. The lowest BCUT2D eigenvalue weighted by molar-refractivity contribution is 0.183. The molecule has 0 spiro atoms. The van der Waals surface area contributed by atoms with Crippen LogP contribution >= 0.6 is 0 Å². The Morgan fingerprint density at radius 1 is 1.37 bits per heavy atom. The largest absolute Gasteiger partial charge is 0.387 e. The van der Waals surface area contributed by atoms with Crippen LogP contribution in [0.4, 0.5) is 0 Å². The third-order valence-corrected chi connectivity index (χ3v) is 4.53. The molecule has 0 radical (unpaired) electrons. The van der Waals surface area contributed by atoms with E-state index >= 15 is 0 Å². The molecule has 2 rings (SSSR count). The van der Waals surface area contributed by atoms with Crippen LogP contribution in [0.15, 0.2) is 30.5 Å². The molecular formula is C13H18N2O3S.